The lowest BCUT2D eigenvalue weighted by atomic mass is 10.0. The molecule has 0 amide bonds. The first-order valence-corrected chi connectivity index (χ1v) is 6.36. The Kier molecular flexibility index (Phi) is 4.45. The normalized spacial score (nSPS) is 21.6. The number of hydrogen-bond donors (Lipinski definition) is 1. The molecule has 4 nitrogen and oxygen atoms in total. The lowest BCUT2D eigenvalue weighted by molar-refractivity contribution is 0.184. The van der Waals surface area contributed by atoms with E-state index in [4.69, 9.17) is 4.74 Å². The minimum absolute atomic E-state index is 0.269. The molecule has 1 aliphatic rings. The summed E-state index contributed by atoms with van der Waals surface area (Å²) < 4.78 is 5.37. The van der Waals surface area contributed by atoms with Gasteiger partial charge in [0.05, 0.1) is 11.4 Å². The van der Waals surface area contributed by atoms with Gasteiger partial charge in [-0.3, -0.25) is 9.97 Å². The molecule has 2 heterocycles. The van der Waals surface area contributed by atoms with E-state index in [0.717, 1.165) is 37.1 Å². The second-order valence-electron chi connectivity index (χ2n) is 4.72. The predicted octanol–water partition coefficient (Wildman–Crippen LogP) is 1.86. The summed E-state index contributed by atoms with van der Waals surface area (Å²) in [6.45, 7) is 7.03. The van der Waals surface area contributed by atoms with E-state index in [-0.39, 0.29) is 6.04 Å². The molecule has 1 fully saturated rings. The number of aryl methyl sites for hydroxylation is 1. The van der Waals surface area contributed by atoms with Crippen LogP contribution >= 0.6 is 0 Å². The second kappa shape index (κ2) is 6.07. The van der Waals surface area contributed by atoms with E-state index >= 15 is 0 Å². The highest BCUT2D eigenvalue weighted by Crippen LogP contribution is 2.17. The monoisotopic (exact) mass is 235 g/mol. The molecule has 2 rings (SSSR count). The Hall–Kier alpha value is -1.00. The summed E-state index contributed by atoms with van der Waals surface area (Å²) in [6.07, 6.45) is 5.89. The molecule has 0 bridgehead atoms. The zero-order valence-corrected chi connectivity index (χ0v) is 10.6. The summed E-state index contributed by atoms with van der Waals surface area (Å²) in [7, 11) is 0. The highest BCUT2D eigenvalue weighted by Gasteiger charge is 2.16. The first-order chi connectivity index (χ1) is 8.27. The van der Waals surface area contributed by atoms with Gasteiger partial charge in [-0.25, -0.2) is 0 Å². The number of nitrogens with one attached hydrogen (secondary N) is 1. The van der Waals surface area contributed by atoms with Crippen LogP contribution in [-0.2, 0) is 4.74 Å². The van der Waals surface area contributed by atoms with Crippen molar-refractivity contribution in [2.45, 2.75) is 32.7 Å². The van der Waals surface area contributed by atoms with Gasteiger partial charge in [0.1, 0.15) is 0 Å². The molecule has 0 aromatic carbocycles. The van der Waals surface area contributed by atoms with Crippen molar-refractivity contribution in [3.63, 3.8) is 0 Å². The summed E-state index contributed by atoms with van der Waals surface area (Å²) in [5.41, 5.74) is 2.06. The molecule has 2 unspecified atom stereocenters. The van der Waals surface area contributed by atoms with Crippen molar-refractivity contribution in [1.29, 1.82) is 0 Å². The topological polar surface area (TPSA) is 47.0 Å². The van der Waals surface area contributed by atoms with Crippen LogP contribution in [0, 0.1) is 12.8 Å². The first kappa shape index (κ1) is 12.5. The fourth-order valence-corrected chi connectivity index (χ4v) is 2.26. The van der Waals surface area contributed by atoms with Crippen molar-refractivity contribution in [3.8, 4) is 0 Å². The summed E-state index contributed by atoms with van der Waals surface area (Å²) in [5.74, 6) is 0.734. The molecule has 17 heavy (non-hydrogen) atoms. The maximum Gasteiger partial charge on any atom is 0.0782 e. The zero-order chi connectivity index (χ0) is 12.1. The average Bonchev–Trinajstić information content (AvgIpc) is 2.82. The molecule has 2 atom stereocenters. The molecule has 0 aliphatic carbocycles. The maximum atomic E-state index is 5.37. The highest BCUT2D eigenvalue weighted by atomic mass is 16.5. The molecule has 0 saturated carbocycles. The third-order valence-electron chi connectivity index (χ3n) is 3.36. The summed E-state index contributed by atoms with van der Waals surface area (Å²) in [4.78, 5) is 8.64. The fraction of sp³-hybridized carbons (Fsp3) is 0.692. The molecule has 4 heteroatoms. The fourth-order valence-electron chi connectivity index (χ4n) is 2.26. The van der Waals surface area contributed by atoms with Crippen molar-refractivity contribution < 1.29 is 4.74 Å². The van der Waals surface area contributed by atoms with Gasteiger partial charge < -0.3 is 10.1 Å². The number of ether oxygens (including phenoxy) is 1. The van der Waals surface area contributed by atoms with E-state index in [9.17, 15) is 0 Å². The second-order valence-corrected chi connectivity index (χ2v) is 4.72. The molecule has 94 valence electrons. The smallest absolute Gasteiger partial charge is 0.0782 e. The Balaban J connectivity index is 1.77. The molecule has 1 aromatic rings. The number of aromatic nitrogens is 2. The molecule has 1 N–H and O–H groups in total. The SMILES string of the molecule is Cc1nccnc1C(C)NCCC1CCOC1. The van der Waals surface area contributed by atoms with E-state index in [2.05, 4.69) is 22.2 Å². The maximum absolute atomic E-state index is 5.37. The Labute approximate surface area is 103 Å². The van der Waals surface area contributed by atoms with Gasteiger partial charge in [-0.15, -0.1) is 0 Å². The van der Waals surface area contributed by atoms with Crippen molar-refractivity contribution in [2.75, 3.05) is 19.8 Å². The Bertz CT molecular complexity index is 350. The summed E-state index contributed by atoms with van der Waals surface area (Å²) in [6, 6.07) is 0.269. The van der Waals surface area contributed by atoms with Gasteiger partial charge in [0.15, 0.2) is 0 Å². The van der Waals surface area contributed by atoms with Gasteiger partial charge in [0.25, 0.3) is 0 Å². The Morgan fingerprint density at radius 2 is 2.29 bits per heavy atom. The van der Waals surface area contributed by atoms with Crippen molar-refractivity contribution in [3.05, 3.63) is 23.8 Å². The third-order valence-corrected chi connectivity index (χ3v) is 3.36. The van der Waals surface area contributed by atoms with Crippen LogP contribution < -0.4 is 5.32 Å². The Morgan fingerprint density at radius 3 is 3.00 bits per heavy atom. The van der Waals surface area contributed by atoms with Gasteiger partial charge >= 0.3 is 0 Å². The van der Waals surface area contributed by atoms with Gasteiger partial charge in [-0.05, 0) is 39.2 Å². The Morgan fingerprint density at radius 1 is 1.47 bits per heavy atom. The molecule has 1 aliphatic heterocycles. The summed E-state index contributed by atoms with van der Waals surface area (Å²) >= 11 is 0. The van der Waals surface area contributed by atoms with Crippen molar-refractivity contribution in [2.24, 2.45) is 5.92 Å². The largest absolute Gasteiger partial charge is 0.381 e. The van der Waals surface area contributed by atoms with Crippen LogP contribution in [-0.4, -0.2) is 29.7 Å². The molecule has 0 spiro atoms. The van der Waals surface area contributed by atoms with E-state index in [0.29, 0.717) is 0 Å². The zero-order valence-electron chi connectivity index (χ0n) is 10.6. The minimum Gasteiger partial charge on any atom is -0.381 e. The van der Waals surface area contributed by atoms with Crippen LogP contribution in [0.4, 0.5) is 0 Å². The van der Waals surface area contributed by atoms with E-state index in [1.165, 1.54) is 12.8 Å². The molecule has 0 radical (unpaired) electrons. The average molecular weight is 235 g/mol. The predicted molar refractivity (Wildman–Crippen MR) is 66.7 cm³/mol. The lowest BCUT2D eigenvalue weighted by Gasteiger charge is -2.16. The van der Waals surface area contributed by atoms with Crippen molar-refractivity contribution >= 4 is 0 Å². The minimum atomic E-state index is 0.269. The van der Waals surface area contributed by atoms with Gasteiger partial charge in [0, 0.05) is 31.6 Å². The molecule has 1 aromatic heterocycles. The van der Waals surface area contributed by atoms with E-state index in [1.54, 1.807) is 12.4 Å². The van der Waals surface area contributed by atoms with Crippen LogP contribution in [0.5, 0.6) is 0 Å². The molecular formula is C13H21N3O. The van der Waals surface area contributed by atoms with Crippen LogP contribution in [0.3, 0.4) is 0 Å². The van der Waals surface area contributed by atoms with Crippen molar-refractivity contribution in [1.82, 2.24) is 15.3 Å². The first-order valence-electron chi connectivity index (χ1n) is 6.36. The van der Waals surface area contributed by atoms with Crippen LogP contribution in [0.2, 0.25) is 0 Å². The summed E-state index contributed by atoms with van der Waals surface area (Å²) in [5, 5.41) is 3.51. The number of hydrogen-bond acceptors (Lipinski definition) is 4. The van der Waals surface area contributed by atoms with Gasteiger partial charge in [0.2, 0.25) is 0 Å². The van der Waals surface area contributed by atoms with E-state index in [1.807, 2.05) is 6.92 Å². The van der Waals surface area contributed by atoms with E-state index < -0.39 is 0 Å². The highest BCUT2D eigenvalue weighted by molar-refractivity contribution is 5.12. The number of nitrogens with zero attached hydrogens (tertiary/aromatic N) is 2. The third kappa shape index (κ3) is 3.48. The van der Waals surface area contributed by atoms with Crippen LogP contribution in [0.15, 0.2) is 12.4 Å². The molecular weight excluding hydrogens is 214 g/mol. The lowest BCUT2D eigenvalue weighted by Crippen LogP contribution is -2.23. The van der Waals surface area contributed by atoms with Gasteiger partial charge in [-0.2, -0.15) is 0 Å². The quantitative estimate of drug-likeness (QED) is 0.846. The molecule has 1 saturated heterocycles. The number of rotatable bonds is 5. The van der Waals surface area contributed by atoms with Crippen LogP contribution in [0.25, 0.3) is 0 Å². The van der Waals surface area contributed by atoms with Crippen LogP contribution in [0.1, 0.15) is 37.2 Å². The van der Waals surface area contributed by atoms with Gasteiger partial charge in [-0.1, -0.05) is 0 Å². The standard InChI is InChI=1S/C13H21N3O/c1-10(13-11(2)15-6-7-16-13)14-5-3-12-4-8-17-9-12/h6-7,10,12,14H,3-5,8-9H2,1-2H3.